The number of hydrogen-bond acceptors (Lipinski definition) is 1. The number of para-hydroxylation sites is 2. The van der Waals surface area contributed by atoms with Gasteiger partial charge in [0.2, 0.25) is 0 Å². The molecule has 0 fully saturated rings. The van der Waals surface area contributed by atoms with E-state index in [-0.39, 0.29) is 0 Å². The predicted octanol–water partition coefficient (Wildman–Crippen LogP) is 13.0. The van der Waals surface area contributed by atoms with Crippen LogP contribution in [0.15, 0.2) is 127 Å². The van der Waals surface area contributed by atoms with E-state index in [2.05, 4.69) is 156 Å². The Balaban J connectivity index is 0.00000149. The molecule has 226 valence electrons. The average molecular weight is 623 g/mol. The minimum Gasteiger partial charge on any atom is -0.309 e. The molecule has 0 spiro atoms. The van der Waals surface area contributed by atoms with Crippen molar-refractivity contribution in [2.45, 2.75) is 27.7 Å². The van der Waals surface area contributed by atoms with E-state index in [1.807, 2.05) is 25.2 Å². The molecule has 0 saturated heterocycles. The molecule has 0 radical (unpaired) electrons. The molecule has 0 amide bonds. The van der Waals surface area contributed by atoms with Gasteiger partial charge in [0.1, 0.15) is 0 Å². The lowest BCUT2D eigenvalue weighted by molar-refractivity contribution is 1.14. The van der Waals surface area contributed by atoms with Crippen LogP contribution in [0.3, 0.4) is 0 Å². The Labute approximate surface area is 278 Å². The summed E-state index contributed by atoms with van der Waals surface area (Å²) >= 11 is 1.92. The van der Waals surface area contributed by atoms with Crippen LogP contribution in [-0.2, 0) is 0 Å². The smallest absolute Gasteiger partial charge is 0.0541 e. The summed E-state index contributed by atoms with van der Waals surface area (Å²) < 4.78 is 6.17. The summed E-state index contributed by atoms with van der Waals surface area (Å²) in [5.41, 5.74) is 13.9. The molecule has 47 heavy (non-hydrogen) atoms. The lowest BCUT2D eigenvalue weighted by atomic mass is 9.95. The van der Waals surface area contributed by atoms with Crippen LogP contribution in [0, 0.1) is 6.92 Å². The highest BCUT2D eigenvalue weighted by Gasteiger charge is 2.20. The fraction of sp³-hybridized carbons (Fsp3) is 0.0909. The van der Waals surface area contributed by atoms with Crippen LogP contribution in [0.4, 0.5) is 0 Å². The van der Waals surface area contributed by atoms with Gasteiger partial charge < -0.3 is 9.13 Å². The Morgan fingerprint density at radius 2 is 1.00 bits per heavy atom. The first kappa shape index (κ1) is 27.9. The Morgan fingerprint density at radius 1 is 0.468 bits per heavy atom. The Kier molecular flexibility index (Phi) is 6.28. The highest BCUT2D eigenvalue weighted by molar-refractivity contribution is 7.20. The van der Waals surface area contributed by atoms with E-state index >= 15 is 0 Å². The lowest BCUT2D eigenvalue weighted by Gasteiger charge is -2.12. The van der Waals surface area contributed by atoms with E-state index in [1.165, 1.54) is 92.1 Å². The molecule has 3 heterocycles. The van der Waals surface area contributed by atoms with Gasteiger partial charge in [0.25, 0.3) is 0 Å². The van der Waals surface area contributed by atoms with E-state index in [1.54, 1.807) is 0 Å². The van der Waals surface area contributed by atoms with E-state index in [9.17, 15) is 0 Å². The zero-order valence-electron chi connectivity index (χ0n) is 27.0. The molecule has 0 unspecified atom stereocenters. The molecule has 3 aromatic heterocycles. The zero-order valence-corrected chi connectivity index (χ0v) is 27.8. The minimum atomic E-state index is 1.16. The molecule has 0 atom stereocenters. The highest BCUT2D eigenvalue weighted by Crippen LogP contribution is 2.45. The second-order valence-electron chi connectivity index (χ2n) is 12.4. The summed E-state index contributed by atoms with van der Waals surface area (Å²) in [6.45, 7) is 8.40. The van der Waals surface area contributed by atoms with Crippen LogP contribution >= 0.6 is 11.3 Å². The van der Waals surface area contributed by atoms with Crippen molar-refractivity contribution in [2.24, 2.45) is 0 Å². The van der Waals surface area contributed by atoms with Crippen LogP contribution in [0.1, 0.15) is 36.8 Å². The summed E-state index contributed by atoms with van der Waals surface area (Å²) in [7, 11) is 0. The van der Waals surface area contributed by atoms with Crippen molar-refractivity contribution in [3.05, 3.63) is 143 Å². The number of nitrogens with zero attached hydrogens (tertiary/aromatic N) is 2. The summed E-state index contributed by atoms with van der Waals surface area (Å²) in [6.07, 6.45) is 2.31. The predicted molar refractivity (Wildman–Crippen MR) is 206 cm³/mol. The van der Waals surface area contributed by atoms with Gasteiger partial charge in [0, 0.05) is 53.4 Å². The fourth-order valence-corrected chi connectivity index (χ4v) is 8.68. The molecule has 2 nitrogen and oxygen atoms in total. The second kappa shape index (κ2) is 10.6. The first-order valence-electron chi connectivity index (χ1n) is 16.5. The molecule has 1 aliphatic carbocycles. The number of thiophene rings is 1. The molecule has 3 heteroatoms. The van der Waals surface area contributed by atoms with Crippen LogP contribution < -0.4 is 0 Å². The van der Waals surface area contributed by atoms with Crippen molar-refractivity contribution < 1.29 is 0 Å². The maximum atomic E-state index is 2.42. The standard InChI is InChI=1S/C42H28N2S.C2H6/c1-25-11-19-39-34(21-25)35-23-27(28-12-18-33-36-22-26(2)42(36)45-41(33)24-28)13-20-40(35)44(39)30-16-14-29(15-17-30)43-37-9-5-3-7-31(37)32-8-4-6-10-38(32)43;1-2/h3-24H,1-2H3;1-2H3. The van der Waals surface area contributed by atoms with Crippen LogP contribution in [-0.4, -0.2) is 9.13 Å². The monoisotopic (exact) mass is 622 g/mol. The van der Waals surface area contributed by atoms with Crippen molar-refractivity contribution in [3.8, 4) is 22.5 Å². The number of aromatic nitrogens is 2. The van der Waals surface area contributed by atoms with Crippen molar-refractivity contribution in [2.75, 3.05) is 0 Å². The zero-order chi connectivity index (χ0) is 31.8. The molecule has 0 N–H and O–H groups in total. The van der Waals surface area contributed by atoms with Crippen LogP contribution in [0.5, 0.6) is 0 Å². The second-order valence-corrected chi connectivity index (χ2v) is 13.4. The first-order valence-corrected chi connectivity index (χ1v) is 17.3. The maximum absolute atomic E-state index is 2.42. The summed E-state index contributed by atoms with van der Waals surface area (Å²) in [5, 5.41) is 6.51. The lowest BCUT2D eigenvalue weighted by Crippen LogP contribution is -1.97. The molecular weight excluding hydrogens is 589 g/mol. The fourth-order valence-electron chi connectivity index (χ4n) is 7.48. The Hall–Kier alpha value is -5.38. The van der Waals surface area contributed by atoms with Gasteiger partial charge in [-0.15, -0.1) is 11.3 Å². The average Bonchev–Trinajstić information content (AvgIpc) is 3.73. The Morgan fingerprint density at radius 3 is 1.64 bits per heavy atom. The Bertz CT molecular complexity index is 2660. The van der Waals surface area contributed by atoms with Crippen LogP contribution in [0.2, 0.25) is 0 Å². The van der Waals surface area contributed by atoms with E-state index in [0.29, 0.717) is 0 Å². The van der Waals surface area contributed by atoms with Crippen molar-refractivity contribution in [3.63, 3.8) is 0 Å². The molecule has 9 aromatic rings. The third kappa shape index (κ3) is 4.10. The molecule has 0 bridgehead atoms. The minimum absolute atomic E-state index is 1.16. The quantitative estimate of drug-likeness (QED) is 0.186. The number of aryl methyl sites for hydroxylation is 1. The van der Waals surface area contributed by atoms with Gasteiger partial charge in [-0.3, -0.25) is 0 Å². The van der Waals surface area contributed by atoms with Crippen molar-refractivity contribution in [1.82, 2.24) is 9.13 Å². The van der Waals surface area contributed by atoms with E-state index in [0.717, 1.165) is 5.69 Å². The number of allylic oxidation sites excluding steroid dienone is 1. The molecule has 0 saturated carbocycles. The van der Waals surface area contributed by atoms with Gasteiger partial charge in [0.05, 0.1) is 22.1 Å². The van der Waals surface area contributed by atoms with Gasteiger partial charge in [-0.2, -0.15) is 0 Å². The molecule has 0 aliphatic heterocycles. The topological polar surface area (TPSA) is 9.86 Å². The maximum Gasteiger partial charge on any atom is 0.0541 e. The largest absolute Gasteiger partial charge is 0.309 e. The van der Waals surface area contributed by atoms with E-state index in [4.69, 9.17) is 0 Å². The van der Waals surface area contributed by atoms with Crippen molar-refractivity contribution in [1.29, 1.82) is 0 Å². The summed E-state index contributed by atoms with van der Waals surface area (Å²) in [5.74, 6) is 0. The molecule has 6 aromatic carbocycles. The normalized spacial score (nSPS) is 12.4. The summed E-state index contributed by atoms with van der Waals surface area (Å²) in [6, 6.07) is 47.2. The van der Waals surface area contributed by atoms with Crippen molar-refractivity contribution >= 4 is 76.7 Å². The number of rotatable bonds is 3. The van der Waals surface area contributed by atoms with Gasteiger partial charge in [-0.25, -0.2) is 0 Å². The van der Waals surface area contributed by atoms with Crippen LogP contribution in [0.25, 0.3) is 87.8 Å². The SMILES string of the molecule is CC.CC1=Cc2c1sc1cc(-c3ccc4c(c3)c3cc(C)ccc3n4-c3ccc(-n4c5ccccc5c5ccccc54)cc3)ccc21. The summed E-state index contributed by atoms with van der Waals surface area (Å²) in [4.78, 5) is 1.44. The first-order chi connectivity index (χ1) is 23.1. The number of hydrogen-bond donors (Lipinski definition) is 0. The van der Waals surface area contributed by atoms with E-state index < -0.39 is 0 Å². The van der Waals surface area contributed by atoms with Gasteiger partial charge in [-0.1, -0.05) is 80.1 Å². The third-order valence-corrected chi connectivity index (χ3v) is 11.0. The third-order valence-electron chi connectivity index (χ3n) is 9.65. The van der Waals surface area contributed by atoms with Gasteiger partial charge >= 0.3 is 0 Å². The van der Waals surface area contributed by atoms with Gasteiger partial charge in [0.15, 0.2) is 0 Å². The number of fused-ring (bicyclic) bond motifs is 9. The van der Waals surface area contributed by atoms with Gasteiger partial charge in [-0.05, 0) is 103 Å². The highest BCUT2D eigenvalue weighted by atomic mass is 32.1. The molecule has 1 aliphatic rings. The number of benzene rings is 6. The molecule has 10 rings (SSSR count). The molecular formula is C44H34N2S.